The molecule has 2 aromatic rings. The molecule has 0 aliphatic carbocycles. The number of nitrogens with zero attached hydrogens (tertiary/aromatic N) is 1. The third kappa shape index (κ3) is 4.77. The van der Waals surface area contributed by atoms with Gasteiger partial charge in [0.1, 0.15) is 0 Å². The quantitative estimate of drug-likeness (QED) is 0.788. The number of halogens is 2. The molecule has 0 aliphatic rings. The predicted molar refractivity (Wildman–Crippen MR) is 100 cm³/mol. The Balaban J connectivity index is 1.88. The lowest BCUT2D eigenvalue weighted by Gasteiger charge is -2.14. The molecule has 2 rings (SSSR count). The SMILES string of the molecule is CN(C)c1ccc(NC(=S)NCc2ccc(Cl)c(Cl)c2)cc1. The zero-order chi connectivity index (χ0) is 16.1. The van der Waals surface area contributed by atoms with Crippen LogP contribution >= 0.6 is 35.4 Å². The molecule has 116 valence electrons. The van der Waals surface area contributed by atoms with Gasteiger partial charge in [-0.25, -0.2) is 0 Å². The monoisotopic (exact) mass is 353 g/mol. The van der Waals surface area contributed by atoms with Crippen molar-refractivity contribution in [2.75, 3.05) is 24.3 Å². The van der Waals surface area contributed by atoms with Crippen LogP contribution in [0, 0.1) is 0 Å². The van der Waals surface area contributed by atoms with Crippen LogP contribution in [0.5, 0.6) is 0 Å². The lowest BCUT2D eigenvalue weighted by molar-refractivity contribution is 0.926. The van der Waals surface area contributed by atoms with Gasteiger partial charge < -0.3 is 15.5 Å². The first-order chi connectivity index (χ1) is 10.5. The maximum absolute atomic E-state index is 5.99. The summed E-state index contributed by atoms with van der Waals surface area (Å²) in [5.74, 6) is 0. The van der Waals surface area contributed by atoms with E-state index >= 15 is 0 Å². The fraction of sp³-hybridized carbons (Fsp3) is 0.188. The van der Waals surface area contributed by atoms with Crippen LogP contribution in [0.25, 0.3) is 0 Å². The third-order valence-electron chi connectivity index (χ3n) is 3.08. The van der Waals surface area contributed by atoms with Gasteiger partial charge in [0.2, 0.25) is 0 Å². The minimum absolute atomic E-state index is 0.541. The summed E-state index contributed by atoms with van der Waals surface area (Å²) >= 11 is 17.2. The highest BCUT2D eigenvalue weighted by atomic mass is 35.5. The Morgan fingerprint density at radius 2 is 1.73 bits per heavy atom. The molecule has 0 bridgehead atoms. The molecule has 3 nitrogen and oxygen atoms in total. The Bertz CT molecular complexity index is 657. The number of rotatable bonds is 4. The number of anilines is 2. The maximum atomic E-state index is 5.99. The van der Waals surface area contributed by atoms with Crippen molar-refractivity contribution in [2.45, 2.75) is 6.54 Å². The molecular weight excluding hydrogens is 337 g/mol. The van der Waals surface area contributed by atoms with Gasteiger partial charge in [0, 0.05) is 32.0 Å². The first-order valence-corrected chi connectivity index (χ1v) is 7.88. The molecule has 0 radical (unpaired) electrons. The first-order valence-electron chi connectivity index (χ1n) is 6.72. The van der Waals surface area contributed by atoms with Crippen molar-refractivity contribution in [3.05, 3.63) is 58.1 Å². The van der Waals surface area contributed by atoms with Crippen LogP contribution in [0.4, 0.5) is 11.4 Å². The molecule has 0 aromatic heterocycles. The van der Waals surface area contributed by atoms with Crippen LogP contribution in [0.15, 0.2) is 42.5 Å². The Morgan fingerprint density at radius 3 is 2.32 bits per heavy atom. The smallest absolute Gasteiger partial charge is 0.171 e. The fourth-order valence-electron chi connectivity index (χ4n) is 1.85. The largest absolute Gasteiger partial charge is 0.378 e. The number of hydrogen-bond acceptors (Lipinski definition) is 2. The molecule has 0 unspecified atom stereocenters. The normalized spacial score (nSPS) is 10.2. The summed E-state index contributed by atoms with van der Waals surface area (Å²) in [6.45, 7) is 0.582. The zero-order valence-electron chi connectivity index (χ0n) is 12.4. The number of thiocarbonyl (C=S) groups is 1. The summed E-state index contributed by atoms with van der Waals surface area (Å²) in [4.78, 5) is 2.05. The van der Waals surface area contributed by atoms with Gasteiger partial charge in [-0.3, -0.25) is 0 Å². The molecule has 2 N–H and O–H groups in total. The Morgan fingerprint density at radius 1 is 1.05 bits per heavy atom. The van der Waals surface area contributed by atoms with E-state index in [1.807, 2.05) is 55.4 Å². The highest BCUT2D eigenvalue weighted by molar-refractivity contribution is 7.80. The maximum Gasteiger partial charge on any atom is 0.171 e. The van der Waals surface area contributed by atoms with Crippen LogP contribution in [-0.4, -0.2) is 19.2 Å². The topological polar surface area (TPSA) is 27.3 Å². The van der Waals surface area contributed by atoms with Gasteiger partial charge in [-0.1, -0.05) is 29.3 Å². The summed E-state index contributed by atoms with van der Waals surface area (Å²) < 4.78 is 0. The van der Waals surface area contributed by atoms with Gasteiger partial charge >= 0.3 is 0 Å². The Hall–Kier alpha value is -1.49. The van der Waals surface area contributed by atoms with Crippen molar-refractivity contribution in [1.82, 2.24) is 5.32 Å². The molecule has 0 amide bonds. The summed E-state index contributed by atoms with van der Waals surface area (Å²) in [5, 5.41) is 7.93. The first kappa shape index (κ1) is 16.9. The minimum Gasteiger partial charge on any atom is -0.378 e. The van der Waals surface area contributed by atoms with Crippen molar-refractivity contribution >= 4 is 51.9 Å². The van der Waals surface area contributed by atoms with Crippen molar-refractivity contribution in [1.29, 1.82) is 0 Å². The van der Waals surface area contributed by atoms with E-state index in [1.165, 1.54) is 0 Å². The predicted octanol–water partition coefficient (Wildman–Crippen LogP) is 4.55. The number of hydrogen-bond donors (Lipinski definition) is 2. The molecule has 22 heavy (non-hydrogen) atoms. The Labute approximate surface area is 146 Å². The molecule has 0 spiro atoms. The molecule has 6 heteroatoms. The average Bonchev–Trinajstić information content (AvgIpc) is 2.49. The van der Waals surface area contributed by atoms with Crippen LogP contribution in [0.1, 0.15) is 5.56 Å². The second-order valence-electron chi connectivity index (χ2n) is 5.00. The molecule has 0 aliphatic heterocycles. The summed E-state index contributed by atoms with van der Waals surface area (Å²) in [6.07, 6.45) is 0. The summed E-state index contributed by atoms with van der Waals surface area (Å²) in [7, 11) is 4.01. The van der Waals surface area contributed by atoms with E-state index in [1.54, 1.807) is 6.07 Å². The Kier molecular flexibility index (Phi) is 5.89. The third-order valence-corrected chi connectivity index (χ3v) is 4.06. The second-order valence-corrected chi connectivity index (χ2v) is 6.22. The molecule has 0 heterocycles. The molecule has 2 aromatic carbocycles. The molecule has 0 atom stereocenters. The van der Waals surface area contributed by atoms with Gasteiger partial charge in [-0.2, -0.15) is 0 Å². The van der Waals surface area contributed by atoms with Crippen molar-refractivity contribution in [2.24, 2.45) is 0 Å². The van der Waals surface area contributed by atoms with Gasteiger partial charge in [0.25, 0.3) is 0 Å². The lowest BCUT2D eigenvalue weighted by Crippen LogP contribution is -2.27. The zero-order valence-corrected chi connectivity index (χ0v) is 14.7. The fourth-order valence-corrected chi connectivity index (χ4v) is 2.36. The van der Waals surface area contributed by atoms with E-state index in [4.69, 9.17) is 35.4 Å². The van der Waals surface area contributed by atoms with E-state index in [2.05, 4.69) is 10.6 Å². The standard InChI is InChI=1S/C16H17Cl2N3S/c1-21(2)13-6-4-12(5-7-13)20-16(22)19-10-11-3-8-14(17)15(18)9-11/h3-9H,10H2,1-2H3,(H2,19,20,22). The van der Waals surface area contributed by atoms with Crippen molar-refractivity contribution in [3.63, 3.8) is 0 Å². The summed E-state index contributed by atoms with van der Waals surface area (Å²) in [6, 6.07) is 13.6. The van der Waals surface area contributed by atoms with E-state index in [-0.39, 0.29) is 0 Å². The van der Waals surface area contributed by atoms with E-state index < -0.39 is 0 Å². The van der Waals surface area contributed by atoms with Crippen molar-refractivity contribution < 1.29 is 0 Å². The molecule has 0 saturated carbocycles. The van der Waals surface area contributed by atoms with E-state index in [0.717, 1.165) is 16.9 Å². The van der Waals surface area contributed by atoms with Gasteiger partial charge in [-0.05, 0) is 54.2 Å². The minimum atomic E-state index is 0.541. The van der Waals surface area contributed by atoms with E-state index in [0.29, 0.717) is 21.7 Å². The van der Waals surface area contributed by atoms with Gasteiger partial charge in [0.15, 0.2) is 5.11 Å². The highest BCUT2D eigenvalue weighted by Gasteiger charge is 2.02. The van der Waals surface area contributed by atoms with Gasteiger partial charge in [-0.15, -0.1) is 0 Å². The summed E-state index contributed by atoms with van der Waals surface area (Å²) in [5.41, 5.74) is 3.10. The van der Waals surface area contributed by atoms with Crippen LogP contribution in [0.2, 0.25) is 10.0 Å². The second kappa shape index (κ2) is 7.68. The van der Waals surface area contributed by atoms with Crippen LogP contribution < -0.4 is 15.5 Å². The van der Waals surface area contributed by atoms with Crippen LogP contribution in [0.3, 0.4) is 0 Å². The molecular formula is C16H17Cl2N3S. The molecule has 0 saturated heterocycles. The van der Waals surface area contributed by atoms with Crippen LogP contribution in [-0.2, 0) is 6.54 Å². The number of benzene rings is 2. The van der Waals surface area contributed by atoms with Crippen molar-refractivity contribution in [3.8, 4) is 0 Å². The molecule has 0 fully saturated rings. The highest BCUT2D eigenvalue weighted by Crippen LogP contribution is 2.22. The van der Waals surface area contributed by atoms with E-state index in [9.17, 15) is 0 Å². The average molecular weight is 354 g/mol. The number of nitrogens with one attached hydrogen (secondary N) is 2. The lowest BCUT2D eigenvalue weighted by atomic mass is 10.2. The van der Waals surface area contributed by atoms with Gasteiger partial charge in [0.05, 0.1) is 10.0 Å².